The molecule has 0 aromatic heterocycles. The minimum absolute atomic E-state index is 0.158. The predicted molar refractivity (Wildman–Crippen MR) is 63.7 cm³/mol. The van der Waals surface area contributed by atoms with Crippen LogP contribution >= 0.6 is 0 Å². The molecule has 0 spiro atoms. The van der Waals surface area contributed by atoms with Crippen LogP contribution in [-0.2, 0) is 14.3 Å². The van der Waals surface area contributed by atoms with Gasteiger partial charge in [0.1, 0.15) is 5.75 Å². The zero-order valence-corrected chi connectivity index (χ0v) is 10.2. The summed E-state index contributed by atoms with van der Waals surface area (Å²) in [5.74, 6) is -0.134. The molecule has 17 heavy (non-hydrogen) atoms. The number of aromatic hydroxyl groups is 1. The van der Waals surface area contributed by atoms with Crippen molar-refractivity contribution in [2.75, 3.05) is 13.2 Å². The van der Waals surface area contributed by atoms with E-state index in [4.69, 9.17) is 9.47 Å². The molecule has 94 valence electrons. The van der Waals surface area contributed by atoms with Crippen LogP contribution in [0.4, 0.5) is 0 Å². The van der Waals surface area contributed by atoms with Crippen molar-refractivity contribution in [1.29, 1.82) is 0 Å². The summed E-state index contributed by atoms with van der Waals surface area (Å²) in [6, 6.07) is 6.72. The summed E-state index contributed by atoms with van der Waals surface area (Å²) in [6.45, 7) is 4.49. The van der Waals surface area contributed by atoms with E-state index in [0.29, 0.717) is 13.2 Å². The summed E-state index contributed by atoms with van der Waals surface area (Å²) in [5.41, 5.74) is 0.778. The zero-order chi connectivity index (χ0) is 12.7. The smallest absolute Gasteiger partial charge is 0.308 e. The molecule has 1 aromatic carbocycles. The zero-order valence-electron chi connectivity index (χ0n) is 10.2. The van der Waals surface area contributed by atoms with Gasteiger partial charge in [-0.25, -0.2) is 0 Å². The molecule has 1 N–H and O–H groups in total. The van der Waals surface area contributed by atoms with Crippen LogP contribution in [0.15, 0.2) is 24.3 Å². The molecule has 0 bridgehead atoms. The van der Waals surface area contributed by atoms with Gasteiger partial charge in [0.15, 0.2) is 0 Å². The van der Waals surface area contributed by atoms with Gasteiger partial charge in [-0.2, -0.15) is 0 Å². The number of benzene rings is 1. The third kappa shape index (κ3) is 4.44. The number of carbonyl (C=O) groups excluding carboxylic acids is 1. The van der Waals surface area contributed by atoms with Gasteiger partial charge in [0, 0.05) is 6.61 Å². The standard InChI is InChI=1S/C13H18O4/c1-3-16-12(9-13(15)17-4-2)10-6-5-7-11(14)8-10/h5-8,12,14H,3-4,9H2,1-2H3/t12-/m0/s1. The van der Waals surface area contributed by atoms with E-state index >= 15 is 0 Å². The van der Waals surface area contributed by atoms with Crippen molar-refractivity contribution >= 4 is 5.97 Å². The van der Waals surface area contributed by atoms with Crippen molar-refractivity contribution in [2.45, 2.75) is 26.4 Å². The lowest BCUT2D eigenvalue weighted by Gasteiger charge is -2.16. The van der Waals surface area contributed by atoms with Crippen molar-refractivity contribution < 1.29 is 19.4 Å². The Morgan fingerprint density at radius 2 is 2.12 bits per heavy atom. The van der Waals surface area contributed by atoms with E-state index in [1.54, 1.807) is 25.1 Å². The van der Waals surface area contributed by atoms with E-state index in [0.717, 1.165) is 5.56 Å². The number of phenolic OH excluding ortho intramolecular Hbond substituents is 1. The molecule has 0 amide bonds. The number of esters is 1. The average Bonchev–Trinajstić information content (AvgIpc) is 2.29. The maximum absolute atomic E-state index is 11.4. The van der Waals surface area contributed by atoms with E-state index in [1.807, 2.05) is 13.0 Å². The summed E-state index contributed by atoms with van der Waals surface area (Å²) in [7, 11) is 0. The summed E-state index contributed by atoms with van der Waals surface area (Å²) in [6.07, 6.45) is -0.211. The SMILES string of the molecule is CCOC(=O)C[C@H](OCC)c1cccc(O)c1. The Hall–Kier alpha value is -1.55. The number of hydrogen-bond acceptors (Lipinski definition) is 4. The van der Waals surface area contributed by atoms with Crippen LogP contribution in [-0.4, -0.2) is 24.3 Å². The third-order valence-corrected chi connectivity index (χ3v) is 2.27. The predicted octanol–water partition coefficient (Wildman–Crippen LogP) is 2.42. The fourth-order valence-corrected chi connectivity index (χ4v) is 1.57. The topological polar surface area (TPSA) is 55.8 Å². The lowest BCUT2D eigenvalue weighted by Crippen LogP contribution is -2.13. The Labute approximate surface area is 101 Å². The lowest BCUT2D eigenvalue weighted by molar-refractivity contribution is -0.146. The third-order valence-electron chi connectivity index (χ3n) is 2.27. The monoisotopic (exact) mass is 238 g/mol. The molecule has 4 heteroatoms. The summed E-state index contributed by atoms with van der Waals surface area (Å²) in [5, 5.41) is 9.40. The highest BCUT2D eigenvalue weighted by Crippen LogP contribution is 2.24. The van der Waals surface area contributed by atoms with E-state index in [1.165, 1.54) is 0 Å². The van der Waals surface area contributed by atoms with Gasteiger partial charge >= 0.3 is 5.97 Å². The highest BCUT2D eigenvalue weighted by molar-refractivity contribution is 5.70. The second kappa shape index (κ2) is 6.91. The lowest BCUT2D eigenvalue weighted by atomic mass is 10.1. The van der Waals surface area contributed by atoms with Gasteiger partial charge in [-0.3, -0.25) is 4.79 Å². The first-order valence-corrected chi connectivity index (χ1v) is 5.73. The van der Waals surface area contributed by atoms with E-state index < -0.39 is 0 Å². The maximum Gasteiger partial charge on any atom is 0.308 e. The normalized spacial score (nSPS) is 12.1. The molecule has 1 rings (SSSR count). The largest absolute Gasteiger partial charge is 0.508 e. The molecular weight excluding hydrogens is 220 g/mol. The molecule has 1 atom stereocenters. The summed E-state index contributed by atoms with van der Waals surface area (Å²) < 4.78 is 10.4. The quantitative estimate of drug-likeness (QED) is 0.773. The van der Waals surface area contributed by atoms with Crippen LogP contribution in [0.25, 0.3) is 0 Å². The molecule has 0 saturated carbocycles. The molecular formula is C13H18O4. The fraction of sp³-hybridized carbons (Fsp3) is 0.462. The summed E-state index contributed by atoms with van der Waals surface area (Å²) in [4.78, 5) is 11.4. The number of hydrogen-bond donors (Lipinski definition) is 1. The van der Waals surface area contributed by atoms with Gasteiger partial charge in [0.05, 0.1) is 19.1 Å². The van der Waals surface area contributed by atoms with E-state index in [2.05, 4.69) is 0 Å². The van der Waals surface area contributed by atoms with Gasteiger partial charge in [-0.05, 0) is 31.5 Å². The van der Waals surface area contributed by atoms with E-state index in [9.17, 15) is 9.90 Å². The first kappa shape index (κ1) is 13.5. The van der Waals surface area contributed by atoms with Crippen LogP contribution in [0.5, 0.6) is 5.75 Å². The molecule has 0 heterocycles. The number of rotatable bonds is 6. The van der Waals surface area contributed by atoms with Crippen molar-refractivity contribution in [2.24, 2.45) is 0 Å². The van der Waals surface area contributed by atoms with Crippen LogP contribution in [0, 0.1) is 0 Å². The Morgan fingerprint density at radius 3 is 2.71 bits per heavy atom. The molecule has 0 aliphatic heterocycles. The first-order valence-electron chi connectivity index (χ1n) is 5.73. The van der Waals surface area contributed by atoms with Gasteiger partial charge in [0.2, 0.25) is 0 Å². The second-order valence-electron chi connectivity index (χ2n) is 3.55. The van der Waals surface area contributed by atoms with Crippen LogP contribution < -0.4 is 0 Å². The molecule has 1 aromatic rings. The van der Waals surface area contributed by atoms with Crippen molar-refractivity contribution in [3.8, 4) is 5.75 Å². The average molecular weight is 238 g/mol. The van der Waals surface area contributed by atoms with Gasteiger partial charge in [-0.15, -0.1) is 0 Å². The minimum atomic E-state index is -0.369. The molecule has 4 nitrogen and oxygen atoms in total. The Morgan fingerprint density at radius 1 is 1.35 bits per heavy atom. The van der Waals surface area contributed by atoms with Crippen LogP contribution in [0.1, 0.15) is 31.9 Å². The molecule has 0 unspecified atom stereocenters. The molecule has 0 fully saturated rings. The number of ether oxygens (including phenoxy) is 2. The minimum Gasteiger partial charge on any atom is -0.508 e. The number of carbonyl (C=O) groups is 1. The Bertz CT molecular complexity index is 362. The van der Waals surface area contributed by atoms with Crippen molar-refractivity contribution in [3.05, 3.63) is 29.8 Å². The van der Waals surface area contributed by atoms with Crippen LogP contribution in [0.3, 0.4) is 0 Å². The molecule has 0 radical (unpaired) electrons. The van der Waals surface area contributed by atoms with E-state index in [-0.39, 0.29) is 24.2 Å². The Balaban J connectivity index is 2.74. The van der Waals surface area contributed by atoms with Crippen LogP contribution in [0.2, 0.25) is 0 Å². The highest BCUT2D eigenvalue weighted by Gasteiger charge is 2.17. The Kier molecular flexibility index (Phi) is 5.49. The maximum atomic E-state index is 11.4. The first-order chi connectivity index (χ1) is 8.17. The molecule has 0 saturated heterocycles. The van der Waals surface area contributed by atoms with Gasteiger partial charge < -0.3 is 14.6 Å². The van der Waals surface area contributed by atoms with Gasteiger partial charge in [0.25, 0.3) is 0 Å². The number of phenols is 1. The van der Waals surface area contributed by atoms with Gasteiger partial charge in [-0.1, -0.05) is 12.1 Å². The van der Waals surface area contributed by atoms with Crippen molar-refractivity contribution in [3.63, 3.8) is 0 Å². The molecule has 0 aliphatic rings. The van der Waals surface area contributed by atoms with Crippen molar-refractivity contribution in [1.82, 2.24) is 0 Å². The highest BCUT2D eigenvalue weighted by atomic mass is 16.5. The molecule has 0 aliphatic carbocycles. The fourth-order valence-electron chi connectivity index (χ4n) is 1.57. The second-order valence-corrected chi connectivity index (χ2v) is 3.55. The summed E-state index contributed by atoms with van der Waals surface area (Å²) >= 11 is 0.